The smallest absolute Gasteiger partial charge is 0.389 e. The summed E-state index contributed by atoms with van der Waals surface area (Å²) in [5.74, 6) is -0.432. The van der Waals surface area contributed by atoms with Gasteiger partial charge in [0.1, 0.15) is 18.1 Å². The highest BCUT2D eigenvalue weighted by Crippen LogP contribution is 2.37. The number of rotatable bonds is 4. The fraction of sp³-hybridized carbons (Fsp3) is 0.667. The lowest BCUT2D eigenvalue weighted by molar-refractivity contribution is -0.145. The number of esters is 1. The Kier molecular flexibility index (Phi) is 4.95. The van der Waals surface area contributed by atoms with Gasteiger partial charge in [0.25, 0.3) is 0 Å². The largest absolute Gasteiger partial charge is 0.463 e. The van der Waals surface area contributed by atoms with E-state index < -0.39 is 36.1 Å². The van der Waals surface area contributed by atoms with Gasteiger partial charge in [-0.2, -0.15) is 13.2 Å². The lowest BCUT2D eigenvalue weighted by Crippen LogP contribution is -2.37. The van der Waals surface area contributed by atoms with E-state index in [1.165, 1.54) is 6.92 Å². The number of thioether (sulfide) groups is 1. The van der Waals surface area contributed by atoms with Gasteiger partial charge in [-0.1, -0.05) is 11.8 Å². The van der Waals surface area contributed by atoms with Crippen LogP contribution in [-0.4, -0.2) is 41.4 Å². The molecule has 0 N–H and O–H groups in total. The van der Waals surface area contributed by atoms with Crippen LogP contribution in [0.3, 0.4) is 0 Å². The highest BCUT2D eigenvalue weighted by atomic mass is 32.2. The van der Waals surface area contributed by atoms with Crippen LogP contribution in [0.4, 0.5) is 13.2 Å². The second-order valence-corrected chi connectivity index (χ2v) is 5.46. The highest BCUT2D eigenvalue weighted by Gasteiger charge is 2.39. The van der Waals surface area contributed by atoms with Gasteiger partial charge in [0.05, 0.1) is 11.1 Å². The molecule has 0 aliphatic carbocycles. The number of ether oxygens (including phenoxy) is 2. The molecule has 4 nitrogen and oxygen atoms in total. The molecule has 8 heteroatoms. The highest BCUT2D eigenvalue weighted by molar-refractivity contribution is 8.14. The Morgan fingerprint density at radius 1 is 1.50 bits per heavy atom. The van der Waals surface area contributed by atoms with Crippen molar-refractivity contribution < 1.29 is 27.4 Å². The molecule has 0 aromatic rings. The van der Waals surface area contributed by atoms with Crippen molar-refractivity contribution >= 4 is 22.8 Å². The molecule has 1 saturated heterocycles. The summed E-state index contributed by atoms with van der Waals surface area (Å²) in [4.78, 5) is 14.8. The third-order valence-electron chi connectivity index (χ3n) is 2.54. The Bertz CT molecular complexity index is 400. The van der Waals surface area contributed by atoms with Crippen LogP contribution < -0.4 is 0 Å². The number of hydrogen-bond acceptors (Lipinski definition) is 5. The normalized spacial score (nSPS) is 29.8. The van der Waals surface area contributed by atoms with Crippen LogP contribution in [0.25, 0.3) is 0 Å². The van der Waals surface area contributed by atoms with E-state index in [2.05, 4.69) is 17.8 Å². The van der Waals surface area contributed by atoms with Gasteiger partial charge in [-0.3, -0.25) is 9.79 Å². The number of carbonyl (C=O) groups excluding carboxylic acids is 1. The second kappa shape index (κ2) is 6.34. The van der Waals surface area contributed by atoms with Crippen molar-refractivity contribution in [3.8, 4) is 0 Å². The molecule has 0 bridgehead atoms. The van der Waals surface area contributed by atoms with Gasteiger partial charge in [-0.25, -0.2) is 0 Å². The van der Waals surface area contributed by atoms with Crippen molar-refractivity contribution in [3.05, 3.63) is 12.8 Å². The molecule has 0 spiro atoms. The van der Waals surface area contributed by atoms with Gasteiger partial charge in [0, 0.05) is 32.6 Å². The monoisotopic (exact) mass is 307 g/mol. The summed E-state index contributed by atoms with van der Waals surface area (Å²) in [5, 5.41) is 0.403. The molecule has 20 heavy (non-hydrogen) atoms. The van der Waals surface area contributed by atoms with Crippen LogP contribution in [0.2, 0.25) is 0 Å². The molecule has 3 atom stereocenters. The number of hydrogen-bond donors (Lipinski definition) is 0. The number of nitrogens with zero attached hydrogens (tertiary/aromatic N) is 1. The zero-order valence-electron chi connectivity index (χ0n) is 10.6. The Balaban J connectivity index is 1.78. The van der Waals surface area contributed by atoms with Gasteiger partial charge in [0.2, 0.25) is 0 Å². The van der Waals surface area contributed by atoms with Gasteiger partial charge >= 0.3 is 12.1 Å². The molecule has 1 fully saturated rings. The molecule has 4 radical (unpaired) electrons. The van der Waals surface area contributed by atoms with E-state index in [0.717, 1.165) is 11.8 Å². The van der Waals surface area contributed by atoms with Crippen molar-refractivity contribution in [1.82, 2.24) is 0 Å². The van der Waals surface area contributed by atoms with Crippen molar-refractivity contribution in [2.75, 3.05) is 6.61 Å². The molecule has 0 saturated carbocycles. The quantitative estimate of drug-likeness (QED) is 0.748. The predicted octanol–water partition coefficient (Wildman–Crippen LogP) is 2.29. The summed E-state index contributed by atoms with van der Waals surface area (Å²) in [6.45, 7) is 1.30. The molecule has 0 aromatic carbocycles. The lowest BCUT2D eigenvalue weighted by Gasteiger charge is -2.29. The first-order valence-electron chi connectivity index (χ1n) is 5.93. The zero-order valence-corrected chi connectivity index (χ0v) is 11.4. The first kappa shape index (κ1) is 15.6. The third-order valence-corrected chi connectivity index (χ3v) is 3.73. The number of halogens is 3. The van der Waals surface area contributed by atoms with Gasteiger partial charge in [-0.15, -0.1) is 0 Å². The van der Waals surface area contributed by atoms with E-state index in [1.807, 2.05) is 0 Å². The fourth-order valence-electron chi connectivity index (χ4n) is 1.67. The summed E-state index contributed by atoms with van der Waals surface area (Å²) >= 11 is 1.16. The van der Waals surface area contributed by atoms with Crippen LogP contribution in [0.15, 0.2) is 4.99 Å². The first-order valence-corrected chi connectivity index (χ1v) is 6.81. The first-order chi connectivity index (χ1) is 9.33. The molecular weight excluding hydrogens is 295 g/mol. The Labute approximate surface area is 119 Å². The molecule has 0 amide bonds. The Morgan fingerprint density at radius 2 is 2.25 bits per heavy atom. The summed E-state index contributed by atoms with van der Waals surface area (Å²) in [6, 6.07) is -0.434. The van der Waals surface area contributed by atoms with Crippen molar-refractivity contribution in [2.45, 2.75) is 43.5 Å². The molecule has 0 unspecified atom stereocenters. The molecule has 0 aromatic heterocycles. The third kappa shape index (κ3) is 4.66. The number of fused-ring (bicyclic) bond motifs is 1. The molecule has 2 aliphatic rings. The van der Waals surface area contributed by atoms with Crippen LogP contribution in [0.1, 0.15) is 19.8 Å². The molecule has 2 aliphatic heterocycles. The average Bonchev–Trinajstić information content (AvgIpc) is 2.75. The topological polar surface area (TPSA) is 47.9 Å². The van der Waals surface area contributed by atoms with Crippen molar-refractivity contribution in [2.24, 2.45) is 4.99 Å². The number of aliphatic imine (C=N–C) groups is 1. The van der Waals surface area contributed by atoms with Gasteiger partial charge in [-0.05, 0) is 0 Å². The minimum atomic E-state index is -4.19. The van der Waals surface area contributed by atoms with E-state index in [-0.39, 0.29) is 13.0 Å². The van der Waals surface area contributed by atoms with Crippen molar-refractivity contribution in [3.63, 3.8) is 0 Å². The SMILES string of the molecule is CC(=O)OC[C@H]1[C][C][C@H]2N=C(CCC(F)(F)F)S[C@H]2O1. The summed E-state index contributed by atoms with van der Waals surface area (Å²) in [6.07, 6.45) is -0.224. The van der Waals surface area contributed by atoms with Crippen molar-refractivity contribution in [1.29, 1.82) is 0 Å². The minimum Gasteiger partial charge on any atom is -0.463 e. The molecule has 2 rings (SSSR count). The standard InChI is InChI=1S/C12H12F3NO3S/c1-7(17)18-6-8-2-3-9-11(19-8)20-10(16-9)4-5-12(13,14)15/h8-9,11H,4-6H2,1H3/t8-,9-,11-/m1/s1. The Morgan fingerprint density at radius 3 is 2.90 bits per heavy atom. The fourth-order valence-corrected chi connectivity index (χ4v) is 2.78. The van der Waals surface area contributed by atoms with E-state index in [9.17, 15) is 18.0 Å². The van der Waals surface area contributed by atoms with Crippen LogP contribution in [0, 0.1) is 12.8 Å². The number of carbonyl (C=O) groups is 1. The maximum absolute atomic E-state index is 12.1. The molecule has 110 valence electrons. The average molecular weight is 307 g/mol. The lowest BCUT2D eigenvalue weighted by atomic mass is 10.1. The molecule has 2 heterocycles. The molecular formula is C12H12F3NO3S. The summed E-state index contributed by atoms with van der Waals surface area (Å²) < 4.78 is 46.8. The zero-order chi connectivity index (χ0) is 14.8. The van der Waals surface area contributed by atoms with Crippen LogP contribution >= 0.6 is 11.8 Å². The second-order valence-electron chi connectivity index (χ2n) is 4.29. The van der Waals surface area contributed by atoms with E-state index in [1.54, 1.807) is 0 Å². The summed E-state index contributed by atoms with van der Waals surface area (Å²) in [5.41, 5.74) is -0.417. The van der Waals surface area contributed by atoms with E-state index >= 15 is 0 Å². The Hall–Kier alpha value is -0.760. The maximum atomic E-state index is 12.1. The van der Waals surface area contributed by atoms with Gasteiger partial charge in [0.15, 0.2) is 0 Å². The summed E-state index contributed by atoms with van der Waals surface area (Å²) in [7, 11) is 0. The van der Waals surface area contributed by atoms with E-state index in [0.29, 0.717) is 5.04 Å². The van der Waals surface area contributed by atoms with Crippen LogP contribution in [0.5, 0.6) is 0 Å². The maximum Gasteiger partial charge on any atom is 0.389 e. The predicted molar refractivity (Wildman–Crippen MR) is 65.9 cm³/mol. The number of alkyl halides is 3. The minimum absolute atomic E-state index is 0.0179. The van der Waals surface area contributed by atoms with Crippen LogP contribution in [-0.2, 0) is 14.3 Å². The van der Waals surface area contributed by atoms with Gasteiger partial charge < -0.3 is 9.47 Å². The van der Waals surface area contributed by atoms with E-state index in [4.69, 9.17) is 9.47 Å².